The molecule has 0 amide bonds. The Balaban J connectivity index is 1.82. The lowest BCUT2D eigenvalue weighted by Crippen LogP contribution is -2.44. The van der Waals surface area contributed by atoms with Crippen LogP contribution in [0, 0.1) is 0 Å². The third-order valence-electron chi connectivity index (χ3n) is 4.88. The monoisotopic (exact) mass is 410 g/mol. The van der Waals surface area contributed by atoms with E-state index in [0.717, 1.165) is 66.0 Å². The summed E-state index contributed by atoms with van der Waals surface area (Å²) >= 11 is 7.87. The number of rotatable bonds is 4. The van der Waals surface area contributed by atoms with E-state index in [1.165, 1.54) is 4.91 Å². The fourth-order valence-electron chi connectivity index (χ4n) is 3.38. The molecule has 0 unspecified atom stereocenters. The van der Waals surface area contributed by atoms with Crippen molar-refractivity contribution in [3.8, 4) is 11.3 Å². The fraction of sp³-hybridized carbons (Fsp3) is 0.273. The number of anilines is 1. The molecule has 4 rings (SSSR count). The molecule has 1 saturated heterocycles. The number of aromatic nitrogens is 2. The maximum atomic E-state index is 6.12. The summed E-state index contributed by atoms with van der Waals surface area (Å²) in [6.07, 6.45) is 13.7. The third kappa shape index (κ3) is 4.32. The van der Waals surface area contributed by atoms with Gasteiger partial charge in [0.1, 0.15) is 5.82 Å². The highest BCUT2D eigenvalue weighted by Crippen LogP contribution is 2.32. The van der Waals surface area contributed by atoms with Gasteiger partial charge in [0.2, 0.25) is 0 Å². The number of allylic oxidation sites excluding steroid dienone is 5. The molecule has 6 heteroatoms. The Bertz CT molecular complexity index is 928. The molecular weight excluding hydrogens is 388 g/mol. The van der Waals surface area contributed by atoms with Gasteiger partial charge in [0.15, 0.2) is 0 Å². The van der Waals surface area contributed by atoms with E-state index in [1.807, 2.05) is 30.5 Å². The molecule has 0 atom stereocenters. The molecule has 1 aliphatic heterocycles. The Morgan fingerprint density at radius 2 is 1.89 bits per heavy atom. The van der Waals surface area contributed by atoms with Crippen LogP contribution < -0.4 is 10.2 Å². The van der Waals surface area contributed by atoms with Crippen LogP contribution in [-0.4, -0.2) is 42.4 Å². The van der Waals surface area contributed by atoms with E-state index in [-0.39, 0.29) is 0 Å². The highest BCUT2D eigenvalue weighted by atomic mass is 35.5. The van der Waals surface area contributed by atoms with Gasteiger partial charge in [-0.1, -0.05) is 42.0 Å². The van der Waals surface area contributed by atoms with Crippen LogP contribution >= 0.6 is 23.4 Å². The predicted molar refractivity (Wildman–Crippen MR) is 121 cm³/mol. The summed E-state index contributed by atoms with van der Waals surface area (Å²) in [6, 6.07) is 7.85. The molecule has 2 aromatic rings. The second-order valence-corrected chi connectivity index (χ2v) is 8.03. The molecule has 0 spiro atoms. The third-order valence-corrected chi connectivity index (χ3v) is 5.89. The molecule has 28 heavy (non-hydrogen) atoms. The molecular formula is C22H23ClN4S. The Labute approximate surface area is 175 Å². The van der Waals surface area contributed by atoms with Gasteiger partial charge in [-0.15, -0.1) is 11.8 Å². The van der Waals surface area contributed by atoms with Gasteiger partial charge in [0, 0.05) is 47.2 Å². The number of piperazine rings is 1. The number of halogens is 1. The van der Waals surface area contributed by atoms with Gasteiger partial charge >= 0.3 is 0 Å². The Morgan fingerprint density at radius 1 is 1.11 bits per heavy atom. The van der Waals surface area contributed by atoms with Gasteiger partial charge in [-0.3, -0.25) is 4.98 Å². The standard InChI is InChI=1S/C22H23ClN4S/c1-28-19-5-3-2-4-17(14-19)21-22(16-6-8-18(23)9-7-16)26-20(15-25-21)27-12-10-24-11-13-27/h2,4-9,14-15,24H,3,10-13H2,1H3. The second kappa shape index (κ2) is 8.95. The van der Waals surface area contributed by atoms with Gasteiger partial charge in [-0.25, -0.2) is 4.98 Å². The van der Waals surface area contributed by atoms with Crippen molar-refractivity contribution in [1.82, 2.24) is 15.3 Å². The van der Waals surface area contributed by atoms with Gasteiger partial charge in [-0.2, -0.15) is 0 Å². The molecule has 0 bridgehead atoms. The van der Waals surface area contributed by atoms with Gasteiger partial charge in [0.05, 0.1) is 17.6 Å². The van der Waals surface area contributed by atoms with Crippen molar-refractivity contribution < 1.29 is 0 Å². The normalized spacial score (nSPS) is 17.1. The summed E-state index contributed by atoms with van der Waals surface area (Å²) in [6.45, 7) is 3.82. The van der Waals surface area contributed by atoms with E-state index in [0.29, 0.717) is 0 Å². The summed E-state index contributed by atoms with van der Waals surface area (Å²) < 4.78 is 0. The van der Waals surface area contributed by atoms with Crippen molar-refractivity contribution in [3.63, 3.8) is 0 Å². The molecule has 1 aliphatic carbocycles. The minimum absolute atomic E-state index is 0.720. The average molecular weight is 411 g/mol. The molecule has 1 N–H and O–H groups in total. The smallest absolute Gasteiger partial charge is 0.147 e. The summed E-state index contributed by atoms with van der Waals surface area (Å²) in [5.41, 5.74) is 3.91. The van der Waals surface area contributed by atoms with Crippen LogP contribution in [0.1, 0.15) is 12.1 Å². The minimum atomic E-state index is 0.720. The van der Waals surface area contributed by atoms with Crippen LogP contribution in [0.4, 0.5) is 5.82 Å². The van der Waals surface area contributed by atoms with Crippen LogP contribution in [0.15, 0.2) is 59.7 Å². The molecule has 0 saturated carbocycles. The summed E-state index contributed by atoms with van der Waals surface area (Å²) in [7, 11) is 0. The topological polar surface area (TPSA) is 41.1 Å². The number of thioether (sulfide) groups is 1. The fourth-order valence-corrected chi connectivity index (χ4v) is 4.01. The van der Waals surface area contributed by atoms with Crippen LogP contribution in [0.5, 0.6) is 0 Å². The Hall–Kier alpha value is -2.08. The van der Waals surface area contributed by atoms with Crippen molar-refractivity contribution >= 4 is 34.8 Å². The van der Waals surface area contributed by atoms with Crippen molar-refractivity contribution in [2.75, 3.05) is 37.3 Å². The summed E-state index contributed by atoms with van der Waals surface area (Å²) in [5, 5.41) is 4.11. The van der Waals surface area contributed by atoms with E-state index in [1.54, 1.807) is 11.8 Å². The summed E-state index contributed by atoms with van der Waals surface area (Å²) in [5.74, 6) is 0.925. The molecule has 1 fully saturated rings. The molecule has 4 nitrogen and oxygen atoms in total. The Morgan fingerprint density at radius 3 is 2.64 bits per heavy atom. The van der Waals surface area contributed by atoms with Crippen LogP contribution in [0.3, 0.4) is 0 Å². The van der Waals surface area contributed by atoms with E-state index in [2.05, 4.69) is 40.8 Å². The first-order valence-corrected chi connectivity index (χ1v) is 11.1. The maximum absolute atomic E-state index is 6.12. The molecule has 1 aromatic heterocycles. The molecule has 2 aliphatic rings. The number of hydrogen-bond donors (Lipinski definition) is 1. The average Bonchev–Trinajstić information content (AvgIpc) is 3.00. The van der Waals surface area contributed by atoms with Crippen LogP contribution in [0.25, 0.3) is 16.8 Å². The van der Waals surface area contributed by atoms with Gasteiger partial charge in [-0.05, 0) is 30.9 Å². The first-order valence-electron chi connectivity index (χ1n) is 9.46. The van der Waals surface area contributed by atoms with Crippen molar-refractivity contribution in [1.29, 1.82) is 0 Å². The van der Waals surface area contributed by atoms with Crippen molar-refractivity contribution in [3.05, 3.63) is 70.4 Å². The van der Waals surface area contributed by atoms with Gasteiger partial charge < -0.3 is 10.2 Å². The van der Waals surface area contributed by atoms with E-state index in [4.69, 9.17) is 21.6 Å². The highest BCUT2D eigenvalue weighted by Gasteiger charge is 2.18. The number of hydrogen-bond acceptors (Lipinski definition) is 5. The Kier molecular flexibility index (Phi) is 6.15. The predicted octanol–water partition coefficient (Wildman–Crippen LogP) is 4.80. The van der Waals surface area contributed by atoms with Crippen molar-refractivity contribution in [2.24, 2.45) is 0 Å². The lowest BCUT2D eigenvalue weighted by Gasteiger charge is -2.28. The minimum Gasteiger partial charge on any atom is -0.353 e. The zero-order valence-electron chi connectivity index (χ0n) is 15.9. The molecule has 144 valence electrons. The SMILES string of the molecule is CSC1=CCC=CC(c2ncc(N3CCNCC3)nc2-c2ccc(Cl)cc2)=C1. The quantitative estimate of drug-likeness (QED) is 0.784. The summed E-state index contributed by atoms with van der Waals surface area (Å²) in [4.78, 5) is 13.5. The van der Waals surface area contributed by atoms with Gasteiger partial charge in [0.25, 0.3) is 0 Å². The van der Waals surface area contributed by atoms with E-state index < -0.39 is 0 Å². The van der Waals surface area contributed by atoms with E-state index in [9.17, 15) is 0 Å². The second-order valence-electron chi connectivity index (χ2n) is 6.72. The first-order chi connectivity index (χ1) is 13.7. The number of nitrogens with one attached hydrogen (secondary N) is 1. The largest absolute Gasteiger partial charge is 0.353 e. The molecule has 2 heterocycles. The lowest BCUT2D eigenvalue weighted by atomic mass is 10.0. The number of benzene rings is 1. The van der Waals surface area contributed by atoms with Crippen molar-refractivity contribution in [2.45, 2.75) is 6.42 Å². The zero-order valence-corrected chi connectivity index (χ0v) is 17.4. The van der Waals surface area contributed by atoms with Crippen LogP contribution in [0.2, 0.25) is 5.02 Å². The van der Waals surface area contributed by atoms with Crippen LogP contribution in [-0.2, 0) is 0 Å². The first kappa shape index (κ1) is 19.2. The maximum Gasteiger partial charge on any atom is 0.147 e. The molecule has 1 aromatic carbocycles. The lowest BCUT2D eigenvalue weighted by molar-refractivity contribution is 0.584. The van der Waals surface area contributed by atoms with E-state index >= 15 is 0 Å². The highest BCUT2D eigenvalue weighted by molar-refractivity contribution is 8.02. The molecule has 0 radical (unpaired) electrons. The number of nitrogens with zero attached hydrogens (tertiary/aromatic N) is 3. The zero-order chi connectivity index (χ0) is 19.3.